The van der Waals surface area contributed by atoms with Crippen LogP contribution in [-0.2, 0) is 13.9 Å². The Kier molecular flexibility index (Phi) is 9.16. The fourth-order valence-corrected chi connectivity index (χ4v) is 5.49. The van der Waals surface area contributed by atoms with E-state index < -0.39 is 14.0 Å². The van der Waals surface area contributed by atoms with Crippen LogP contribution < -0.4 is 11.9 Å². The molecule has 1 aromatic rings. The third-order valence-corrected chi connectivity index (χ3v) is 12.3. The van der Waals surface area contributed by atoms with Crippen LogP contribution in [0.1, 0.15) is 37.6 Å². The normalized spacial score (nSPS) is 27.4. The first-order valence-corrected chi connectivity index (χ1v) is 16.5. The topological polar surface area (TPSA) is 146 Å². The van der Waals surface area contributed by atoms with E-state index in [1.54, 1.807) is 36.0 Å². The van der Waals surface area contributed by atoms with Gasteiger partial charge >= 0.3 is 0 Å². The van der Waals surface area contributed by atoms with Crippen molar-refractivity contribution in [3.05, 3.63) is 35.9 Å². The summed E-state index contributed by atoms with van der Waals surface area (Å²) in [4.78, 5) is 28.6. The smallest absolute Gasteiger partial charge is 0.219 e. The fraction of sp³-hybridized carbons (Fsp3) is 0.600. The molecule has 4 rings (SSSR count). The molecule has 12 heteroatoms. The number of amidine groups is 1. The van der Waals surface area contributed by atoms with Crippen molar-refractivity contribution in [2.75, 3.05) is 25.5 Å². The number of nitrogens with two attached hydrogens (primary N) is 1. The molecule has 0 radical (unpaired) electrons. The van der Waals surface area contributed by atoms with Crippen LogP contribution in [0, 0.1) is 0 Å². The Morgan fingerprint density at radius 1 is 1.30 bits per heavy atom. The van der Waals surface area contributed by atoms with Crippen molar-refractivity contribution in [1.29, 1.82) is 0 Å². The average molecular weight is 549 g/mol. The molecule has 3 aliphatic rings. The highest BCUT2D eigenvalue weighted by Crippen LogP contribution is 2.38. The third-order valence-electron chi connectivity index (χ3n) is 7.39. The SMILES string of the molecule is CSCO[C@H]1C[C@H](N2CN=C3C2=NC=NC3(N)C(=O)c2ccccc2)O[C@@H]1CO[Si](C)(C)C(C)(C)C.N. The van der Waals surface area contributed by atoms with Crippen molar-refractivity contribution in [3.8, 4) is 0 Å². The molecule has 1 saturated heterocycles. The van der Waals surface area contributed by atoms with E-state index in [1.807, 2.05) is 17.2 Å². The summed E-state index contributed by atoms with van der Waals surface area (Å²) < 4.78 is 19.1. The summed E-state index contributed by atoms with van der Waals surface area (Å²) in [5, 5.41) is 0.101. The number of ether oxygens (including phenoxy) is 2. The van der Waals surface area contributed by atoms with E-state index in [2.05, 4.69) is 48.8 Å². The molecule has 37 heavy (non-hydrogen) atoms. The van der Waals surface area contributed by atoms with E-state index in [4.69, 9.17) is 19.6 Å². The second-order valence-electron chi connectivity index (χ2n) is 10.8. The summed E-state index contributed by atoms with van der Waals surface area (Å²) in [5.41, 5.74) is 5.79. The lowest BCUT2D eigenvalue weighted by molar-refractivity contribution is -0.0611. The number of thioether (sulfide) groups is 1. The summed E-state index contributed by atoms with van der Waals surface area (Å²) in [7, 11) is -1.95. The predicted octanol–water partition coefficient (Wildman–Crippen LogP) is 3.68. The summed E-state index contributed by atoms with van der Waals surface area (Å²) in [6.07, 6.45) is 3.33. The third kappa shape index (κ3) is 5.90. The minimum absolute atomic E-state index is 0. The molecule has 1 fully saturated rings. The fourth-order valence-electron chi connectivity index (χ4n) is 4.17. The number of hydrogen-bond acceptors (Lipinski definition) is 11. The Morgan fingerprint density at radius 2 is 2.00 bits per heavy atom. The molecule has 3 heterocycles. The quantitative estimate of drug-likeness (QED) is 0.270. The van der Waals surface area contributed by atoms with Crippen molar-refractivity contribution in [2.45, 2.75) is 69.4 Å². The zero-order valence-electron chi connectivity index (χ0n) is 22.6. The van der Waals surface area contributed by atoms with Crippen molar-refractivity contribution in [2.24, 2.45) is 20.7 Å². The Bertz CT molecular complexity index is 1060. The Morgan fingerprint density at radius 3 is 2.65 bits per heavy atom. The van der Waals surface area contributed by atoms with E-state index in [9.17, 15) is 4.79 Å². The zero-order valence-corrected chi connectivity index (χ0v) is 24.5. The Balaban J connectivity index is 0.00000380. The molecule has 204 valence electrons. The van der Waals surface area contributed by atoms with E-state index >= 15 is 0 Å². The molecule has 5 N–H and O–H groups in total. The Labute approximate surface area is 224 Å². The highest BCUT2D eigenvalue weighted by Gasteiger charge is 2.50. The van der Waals surface area contributed by atoms with Gasteiger partial charge in [0.15, 0.2) is 14.2 Å². The van der Waals surface area contributed by atoms with Crippen molar-refractivity contribution in [1.82, 2.24) is 11.1 Å². The van der Waals surface area contributed by atoms with Crippen molar-refractivity contribution < 1.29 is 18.7 Å². The first-order chi connectivity index (χ1) is 17.0. The minimum Gasteiger partial charge on any atom is -0.414 e. The molecule has 3 aliphatic heterocycles. The van der Waals surface area contributed by atoms with Gasteiger partial charge in [0.1, 0.15) is 31.1 Å². The molecule has 1 aromatic carbocycles. The van der Waals surface area contributed by atoms with Crippen LogP contribution in [0.2, 0.25) is 18.1 Å². The molecular formula is C25H40N6O4SSi. The van der Waals surface area contributed by atoms with E-state index in [1.165, 1.54) is 6.34 Å². The van der Waals surface area contributed by atoms with Crippen LogP contribution in [0.15, 0.2) is 45.3 Å². The molecular weight excluding hydrogens is 508 g/mol. The second-order valence-corrected chi connectivity index (χ2v) is 16.4. The monoisotopic (exact) mass is 548 g/mol. The van der Waals surface area contributed by atoms with Crippen molar-refractivity contribution in [3.63, 3.8) is 0 Å². The number of fused-ring (bicyclic) bond motifs is 1. The average Bonchev–Trinajstić information content (AvgIpc) is 3.45. The summed E-state index contributed by atoms with van der Waals surface area (Å²) >= 11 is 1.63. The first-order valence-electron chi connectivity index (χ1n) is 12.2. The lowest BCUT2D eigenvalue weighted by atomic mass is 9.93. The molecule has 10 nitrogen and oxygen atoms in total. The van der Waals surface area contributed by atoms with E-state index in [0.29, 0.717) is 36.1 Å². The van der Waals surface area contributed by atoms with Gasteiger partial charge in [-0.2, -0.15) is 0 Å². The first kappa shape index (κ1) is 29.6. The van der Waals surface area contributed by atoms with Gasteiger partial charge in [-0.3, -0.25) is 15.5 Å². The van der Waals surface area contributed by atoms with E-state index in [-0.39, 0.29) is 42.1 Å². The number of benzene rings is 1. The summed E-state index contributed by atoms with van der Waals surface area (Å²) in [6, 6.07) is 8.91. The number of Topliss-reactive ketones (excluding diaryl/α,β-unsaturated/α-hetero) is 1. The molecule has 0 bridgehead atoms. The van der Waals surface area contributed by atoms with Crippen LogP contribution in [0.25, 0.3) is 0 Å². The van der Waals surface area contributed by atoms with Gasteiger partial charge in [-0.25, -0.2) is 9.98 Å². The molecule has 4 atom stereocenters. The largest absolute Gasteiger partial charge is 0.414 e. The van der Waals surface area contributed by atoms with Gasteiger partial charge in [0, 0.05) is 12.0 Å². The maximum Gasteiger partial charge on any atom is 0.219 e. The number of carbonyl (C=O) groups is 1. The van der Waals surface area contributed by atoms with Gasteiger partial charge in [-0.1, -0.05) is 51.1 Å². The number of nitrogens with zero attached hydrogens (tertiary/aromatic N) is 4. The lowest BCUT2D eigenvalue weighted by Crippen LogP contribution is -2.59. The van der Waals surface area contributed by atoms with Crippen LogP contribution in [0.3, 0.4) is 0 Å². The molecule has 0 aromatic heterocycles. The van der Waals surface area contributed by atoms with Gasteiger partial charge in [-0.05, 0) is 24.4 Å². The standard InChI is InChI=1S/C25H37N5O4SSi.H3N/c1-24(2,3)36(5,6)33-13-19-18(32-16-35-4)12-20(34-19)30-15-28-21-23(30)27-14-29-25(21,26)22(31)17-10-8-7-9-11-17;/h7-11,14,18-20H,12-13,15-16,26H2,1-6H3;1H3/t18-,19+,20+,25?;/m0./s1. The summed E-state index contributed by atoms with van der Waals surface area (Å²) in [5.74, 6) is 0.780. The van der Waals surface area contributed by atoms with Gasteiger partial charge < -0.3 is 25.0 Å². The maximum atomic E-state index is 13.3. The van der Waals surface area contributed by atoms with Gasteiger partial charge in [-0.15, -0.1) is 11.8 Å². The lowest BCUT2D eigenvalue weighted by Gasteiger charge is -2.37. The number of carbonyl (C=O) groups excluding carboxylic acids is 1. The zero-order chi connectivity index (χ0) is 26.1. The number of aliphatic imine (C=N–C) groups is 3. The molecule has 0 saturated carbocycles. The van der Waals surface area contributed by atoms with Crippen LogP contribution in [0.4, 0.5) is 0 Å². The highest BCUT2D eigenvalue weighted by atomic mass is 32.2. The molecule has 0 spiro atoms. The molecule has 0 amide bonds. The number of rotatable bonds is 9. The Hall–Kier alpha value is -1.93. The van der Waals surface area contributed by atoms with E-state index in [0.717, 1.165) is 0 Å². The van der Waals surface area contributed by atoms with Gasteiger partial charge in [0.2, 0.25) is 11.4 Å². The minimum atomic E-state index is -1.95. The summed E-state index contributed by atoms with van der Waals surface area (Å²) in [6.45, 7) is 11.9. The van der Waals surface area contributed by atoms with Crippen molar-refractivity contribution >= 4 is 43.7 Å². The second kappa shape index (κ2) is 11.4. The highest BCUT2D eigenvalue weighted by molar-refractivity contribution is 7.98. The maximum absolute atomic E-state index is 13.3. The van der Waals surface area contributed by atoms with Crippen LogP contribution in [0.5, 0.6) is 0 Å². The predicted molar refractivity (Wildman–Crippen MR) is 152 cm³/mol. The molecule has 1 unspecified atom stereocenters. The van der Waals surface area contributed by atoms with Crippen LogP contribution >= 0.6 is 11.8 Å². The van der Waals surface area contributed by atoms with Gasteiger partial charge in [0.05, 0.1) is 18.6 Å². The number of ketones is 1. The van der Waals surface area contributed by atoms with Gasteiger partial charge in [0.25, 0.3) is 0 Å². The molecule has 0 aliphatic carbocycles. The van der Waals surface area contributed by atoms with Crippen LogP contribution in [-0.4, -0.2) is 86.5 Å². The number of hydrogen-bond donors (Lipinski definition) is 2.